The van der Waals surface area contributed by atoms with Crippen LogP contribution in [0.25, 0.3) is 11.3 Å². The first-order chi connectivity index (χ1) is 10.1. The quantitative estimate of drug-likeness (QED) is 0.692. The van der Waals surface area contributed by atoms with Crippen LogP contribution < -0.4 is 0 Å². The van der Waals surface area contributed by atoms with Gasteiger partial charge in [0, 0.05) is 0 Å². The minimum atomic E-state index is -0.476. The molecule has 0 atom stereocenters. The van der Waals surface area contributed by atoms with E-state index in [9.17, 15) is 4.79 Å². The van der Waals surface area contributed by atoms with Crippen molar-refractivity contribution >= 4 is 18.2 Å². The smallest absolute Gasteiger partial charge is 0.340 e. The number of nitrogens with one attached hydrogen (secondary N) is 1. The number of nitriles is 1. The summed E-state index contributed by atoms with van der Waals surface area (Å²) in [6, 6.07) is 11.1. The van der Waals surface area contributed by atoms with Crippen molar-refractivity contribution in [1.29, 1.82) is 5.26 Å². The fourth-order valence-corrected chi connectivity index (χ4v) is 2.14. The van der Waals surface area contributed by atoms with Crippen LogP contribution in [0.1, 0.15) is 28.4 Å². The maximum absolute atomic E-state index is 12.1. The molecular formula is C16H14N2O2S. The van der Waals surface area contributed by atoms with E-state index in [4.69, 9.17) is 22.2 Å². The molecule has 0 fully saturated rings. The van der Waals surface area contributed by atoms with Gasteiger partial charge in [-0.1, -0.05) is 42.0 Å². The number of carbonyl (C=O) groups is 1. The maximum Gasteiger partial charge on any atom is 0.340 e. The van der Waals surface area contributed by atoms with Gasteiger partial charge >= 0.3 is 5.97 Å². The van der Waals surface area contributed by atoms with Crippen molar-refractivity contribution in [3.05, 3.63) is 51.7 Å². The number of hydrogen-bond donors (Lipinski definition) is 1. The summed E-state index contributed by atoms with van der Waals surface area (Å²) in [5, 5.41) is 9.06. The van der Waals surface area contributed by atoms with Gasteiger partial charge in [0.2, 0.25) is 0 Å². The number of aryl methyl sites for hydroxylation is 1. The topological polar surface area (TPSA) is 65.9 Å². The third kappa shape index (κ3) is 3.18. The lowest BCUT2D eigenvalue weighted by Gasteiger charge is -2.10. The number of aromatic nitrogens is 1. The van der Waals surface area contributed by atoms with Crippen molar-refractivity contribution in [2.24, 2.45) is 0 Å². The molecule has 0 saturated heterocycles. The molecule has 1 N–H and O–H groups in total. The molecule has 4 nitrogen and oxygen atoms in total. The summed E-state index contributed by atoms with van der Waals surface area (Å²) >= 11 is 5.15. The summed E-state index contributed by atoms with van der Waals surface area (Å²) in [6.45, 7) is 3.99. The molecule has 5 heteroatoms. The van der Waals surface area contributed by atoms with Gasteiger partial charge in [0.05, 0.1) is 23.4 Å². The van der Waals surface area contributed by atoms with Crippen LogP contribution in [-0.4, -0.2) is 17.6 Å². The van der Waals surface area contributed by atoms with Crippen molar-refractivity contribution in [3.63, 3.8) is 0 Å². The zero-order valence-electron chi connectivity index (χ0n) is 11.8. The summed E-state index contributed by atoms with van der Waals surface area (Å²) < 4.78 is 5.36. The lowest BCUT2D eigenvalue weighted by atomic mass is 10.0. The number of benzene rings is 1. The molecule has 1 heterocycles. The molecule has 0 spiro atoms. The molecule has 0 bridgehead atoms. The summed E-state index contributed by atoms with van der Waals surface area (Å²) in [4.78, 5) is 15.1. The average Bonchev–Trinajstić information content (AvgIpc) is 2.48. The molecule has 2 rings (SSSR count). The van der Waals surface area contributed by atoms with Crippen molar-refractivity contribution in [2.45, 2.75) is 13.8 Å². The van der Waals surface area contributed by atoms with Gasteiger partial charge in [-0.3, -0.25) is 0 Å². The Hall–Kier alpha value is -2.45. The van der Waals surface area contributed by atoms with Crippen LogP contribution in [0.3, 0.4) is 0 Å². The van der Waals surface area contributed by atoms with Crippen LogP contribution in [0.5, 0.6) is 0 Å². The minimum Gasteiger partial charge on any atom is -0.462 e. The van der Waals surface area contributed by atoms with E-state index in [1.54, 1.807) is 6.92 Å². The van der Waals surface area contributed by atoms with Gasteiger partial charge in [-0.25, -0.2) is 4.79 Å². The molecule has 21 heavy (non-hydrogen) atoms. The molecule has 1 aromatic heterocycles. The zero-order chi connectivity index (χ0) is 15.4. The Balaban J connectivity index is 2.66. The van der Waals surface area contributed by atoms with E-state index in [-0.39, 0.29) is 12.2 Å². The highest BCUT2D eigenvalue weighted by atomic mass is 32.1. The molecule has 0 aliphatic heterocycles. The van der Waals surface area contributed by atoms with Gasteiger partial charge in [0.25, 0.3) is 0 Å². The number of carbonyl (C=O) groups excluding carboxylic acids is 1. The third-order valence-corrected chi connectivity index (χ3v) is 3.32. The number of esters is 1. The standard InChI is InChI=1S/C16H14N2O2S/c1-3-20-16(19)13-8-12(9-17)15(21)18-14(13)11-6-4-10(2)5-7-11/h4-8H,3H2,1-2H3,(H,18,21). The van der Waals surface area contributed by atoms with E-state index >= 15 is 0 Å². The monoisotopic (exact) mass is 298 g/mol. The first-order valence-electron chi connectivity index (χ1n) is 6.48. The second-order valence-electron chi connectivity index (χ2n) is 4.50. The summed E-state index contributed by atoms with van der Waals surface area (Å²) in [7, 11) is 0. The van der Waals surface area contributed by atoms with Crippen molar-refractivity contribution in [3.8, 4) is 17.3 Å². The Morgan fingerprint density at radius 2 is 2.05 bits per heavy atom. The zero-order valence-corrected chi connectivity index (χ0v) is 12.6. The molecular weight excluding hydrogens is 284 g/mol. The van der Waals surface area contributed by atoms with Gasteiger partial charge in [0.1, 0.15) is 10.7 Å². The predicted octanol–water partition coefficient (Wildman–Crippen LogP) is 3.77. The lowest BCUT2D eigenvalue weighted by molar-refractivity contribution is 0.0527. The fourth-order valence-electron chi connectivity index (χ4n) is 1.93. The Kier molecular flexibility index (Phi) is 4.51. The highest BCUT2D eigenvalue weighted by Gasteiger charge is 2.16. The van der Waals surface area contributed by atoms with Crippen molar-refractivity contribution in [1.82, 2.24) is 4.98 Å². The fraction of sp³-hybridized carbons (Fsp3) is 0.188. The van der Waals surface area contributed by atoms with E-state index < -0.39 is 5.97 Å². The molecule has 0 unspecified atom stereocenters. The molecule has 106 valence electrons. The molecule has 0 aliphatic carbocycles. The maximum atomic E-state index is 12.1. The number of rotatable bonds is 3. The van der Waals surface area contributed by atoms with Crippen LogP contribution in [0.15, 0.2) is 30.3 Å². The average molecular weight is 298 g/mol. The molecule has 0 saturated carbocycles. The normalized spacial score (nSPS) is 9.95. The lowest BCUT2D eigenvalue weighted by Crippen LogP contribution is -2.08. The van der Waals surface area contributed by atoms with E-state index in [2.05, 4.69) is 4.98 Å². The van der Waals surface area contributed by atoms with Gasteiger partial charge in [-0.15, -0.1) is 0 Å². The summed E-state index contributed by atoms with van der Waals surface area (Å²) in [5.74, 6) is -0.476. The Bertz CT molecular complexity index is 770. The van der Waals surface area contributed by atoms with Crippen LogP contribution >= 0.6 is 12.2 Å². The first-order valence-corrected chi connectivity index (χ1v) is 6.89. The predicted molar refractivity (Wildman–Crippen MR) is 82.5 cm³/mol. The van der Waals surface area contributed by atoms with Gasteiger partial charge in [-0.2, -0.15) is 5.26 Å². The van der Waals surface area contributed by atoms with Gasteiger partial charge in [0.15, 0.2) is 0 Å². The highest BCUT2D eigenvalue weighted by Crippen LogP contribution is 2.24. The third-order valence-electron chi connectivity index (χ3n) is 3.00. The molecule has 1 aromatic carbocycles. The second-order valence-corrected chi connectivity index (χ2v) is 4.91. The SMILES string of the molecule is CCOC(=O)c1cc(C#N)c(=S)[nH]c1-c1ccc(C)cc1. The Morgan fingerprint density at radius 3 is 2.62 bits per heavy atom. The first kappa shape index (κ1) is 14.9. The molecule has 0 amide bonds. The number of hydrogen-bond acceptors (Lipinski definition) is 4. The van der Waals surface area contributed by atoms with Crippen LogP contribution in [-0.2, 0) is 4.74 Å². The van der Waals surface area contributed by atoms with Crippen molar-refractivity contribution < 1.29 is 9.53 Å². The molecule has 0 radical (unpaired) electrons. The van der Waals surface area contributed by atoms with Gasteiger partial charge in [-0.05, 0) is 25.5 Å². The Labute approximate surface area is 128 Å². The van der Waals surface area contributed by atoms with Gasteiger partial charge < -0.3 is 9.72 Å². The highest BCUT2D eigenvalue weighted by molar-refractivity contribution is 7.71. The van der Waals surface area contributed by atoms with E-state index in [1.165, 1.54) is 6.07 Å². The van der Waals surface area contributed by atoms with E-state index in [1.807, 2.05) is 37.3 Å². The number of H-pyrrole nitrogens is 1. The van der Waals surface area contributed by atoms with Crippen LogP contribution in [0.2, 0.25) is 0 Å². The summed E-state index contributed by atoms with van der Waals surface area (Å²) in [6.07, 6.45) is 0. The number of nitrogens with zero attached hydrogens (tertiary/aromatic N) is 1. The largest absolute Gasteiger partial charge is 0.462 e. The number of ether oxygens (including phenoxy) is 1. The Morgan fingerprint density at radius 1 is 1.38 bits per heavy atom. The van der Waals surface area contributed by atoms with Crippen LogP contribution in [0.4, 0.5) is 0 Å². The number of aromatic amines is 1. The molecule has 2 aromatic rings. The molecule has 0 aliphatic rings. The second kappa shape index (κ2) is 6.33. The van der Waals surface area contributed by atoms with E-state index in [0.717, 1.165) is 11.1 Å². The minimum absolute atomic E-state index is 0.254. The summed E-state index contributed by atoms with van der Waals surface area (Å²) in [5.41, 5.74) is 3.06. The number of pyridine rings is 1. The van der Waals surface area contributed by atoms with Crippen molar-refractivity contribution in [2.75, 3.05) is 6.61 Å². The van der Waals surface area contributed by atoms with E-state index in [0.29, 0.717) is 15.9 Å². The van der Waals surface area contributed by atoms with Crippen LogP contribution in [0, 0.1) is 22.9 Å².